The molecule has 0 bridgehead atoms. The predicted octanol–water partition coefficient (Wildman–Crippen LogP) is 2.03. The lowest BCUT2D eigenvalue weighted by atomic mass is 9.96. The van der Waals surface area contributed by atoms with Crippen molar-refractivity contribution in [1.29, 1.82) is 0 Å². The highest BCUT2D eigenvalue weighted by atomic mass is 32.2. The van der Waals surface area contributed by atoms with E-state index in [-0.39, 0.29) is 11.3 Å². The zero-order chi connectivity index (χ0) is 15.7. The first kappa shape index (κ1) is 15.1. The summed E-state index contributed by atoms with van der Waals surface area (Å²) in [4.78, 5) is 20.6. The number of carbonyl (C=O) groups excluding carboxylic acids is 1. The number of fused-ring (bicyclic) bond motifs is 1. The van der Waals surface area contributed by atoms with Gasteiger partial charge in [0.25, 0.3) is 0 Å². The number of hydrogen-bond acceptors (Lipinski definition) is 7. The summed E-state index contributed by atoms with van der Waals surface area (Å²) in [6, 6.07) is 0. The fourth-order valence-electron chi connectivity index (χ4n) is 2.39. The van der Waals surface area contributed by atoms with E-state index in [1.54, 1.807) is 6.20 Å². The van der Waals surface area contributed by atoms with Gasteiger partial charge in [0.2, 0.25) is 0 Å². The summed E-state index contributed by atoms with van der Waals surface area (Å²) in [6.07, 6.45) is 3.97. The molecule has 7 nitrogen and oxygen atoms in total. The van der Waals surface area contributed by atoms with Crippen molar-refractivity contribution in [3.05, 3.63) is 23.3 Å². The Hall–Kier alpha value is -1.83. The summed E-state index contributed by atoms with van der Waals surface area (Å²) >= 11 is 1.49. The van der Waals surface area contributed by atoms with Gasteiger partial charge in [-0.2, -0.15) is 0 Å². The lowest BCUT2D eigenvalue weighted by molar-refractivity contribution is 0.0970. The molecule has 1 aliphatic rings. The molecule has 1 aliphatic carbocycles. The lowest BCUT2D eigenvalue weighted by Crippen LogP contribution is -2.25. The molecule has 8 heteroatoms. The van der Waals surface area contributed by atoms with Gasteiger partial charge in [-0.25, -0.2) is 14.6 Å². The third-order valence-electron chi connectivity index (χ3n) is 3.46. The number of tetrazole rings is 1. The summed E-state index contributed by atoms with van der Waals surface area (Å²) in [5.74, 6) is 1.53. The van der Waals surface area contributed by atoms with E-state index in [2.05, 4.69) is 46.3 Å². The van der Waals surface area contributed by atoms with Gasteiger partial charge in [0.05, 0.1) is 22.5 Å². The minimum atomic E-state index is -0.164. The molecule has 2 aromatic rings. The summed E-state index contributed by atoms with van der Waals surface area (Å²) in [5, 5.41) is 12.5. The second-order valence-electron chi connectivity index (χ2n) is 6.26. The van der Waals surface area contributed by atoms with Gasteiger partial charge < -0.3 is 0 Å². The maximum absolute atomic E-state index is 11.8. The molecule has 22 heavy (non-hydrogen) atoms. The van der Waals surface area contributed by atoms with Crippen molar-refractivity contribution in [2.24, 2.45) is 0 Å². The molecule has 0 spiro atoms. The van der Waals surface area contributed by atoms with Gasteiger partial charge in [-0.1, -0.05) is 11.8 Å². The number of aryl methyl sites for hydroxylation is 1. The quantitative estimate of drug-likeness (QED) is 0.632. The monoisotopic (exact) mass is 318 g/mol. The van der Waals surface area contributed by atoms with Crippen LogP contribution in [0.1, 0.15) is 55.5 Å². The van der Waals surface area contributed by atoms with Crippen molar-refractivity contribution < 1.29 is 4.79 Å². The Morgan fingerprint density at radius 3 is 2.91 bits per heavy atom. The third kappa shape index (κ3) is 3.01. The summed E-state index contributed by atoms with van der Waals surface area (Å²) in [6.45, 7) is 6.16. The van der Waals surface area contributed by atoms with Crippen LogP contribution in [-0.2, 0) is 17.7 Å². The predicted molar refractivity (Wildman–Crippen MR) is 81.7 cm³/mol. The van der Waals surface area contributed by atoms with Crippen molar-refractivity contribution in [2.75, 3.05) is 0 Å². The number of carbonyl (C=O) groups is 1. The molecule has 0 atom stereocenters. The highest BCUT2D eigenvalue weighted by Crippen LogP contribution is 2.24. The smallest absolute Gasteiger partial charge is 0.188 e. The Balaban J connectivity index is 1.75. The van der Waals surface area contributed by atoms with Gasteiger partial charge in [-0.3, -0.25) is 4.79 Å². The first-order chi connectivity index (χ1) is 10.4. The molecule has 0 saturated heterocycles. The zero-order valence-corrected chi connectivity index (χ0v) is 13.7. The first-order valence-electron chi connectivity index (χ1n) is 7.25. The highest BCUT2D eigenvalue weighted by Gasteiger charge is 2.21. The number of Topliss-reactive ketones (excluding diaryl/α,β-unsaturated/α-hetero) is 1. The number of nitrogens with zero attached hydrogens (tertiary/aromatic N) is 6. The van der Waals surface area contributed by atoms with E-state index in [4.69, 9.17) is 0 Å². The number of hydrogen-bond donors (Lipinski definition) is 0. The molecule has 0 aromatic carbocycles. The SMILES string of the molecule is CC(C)(C)n1nnnc1CSc1ncc2c(n1)CCCC2=O. The van der Waals surface area contributed by atoms with E-state index in [0.717, 1.165) is 24.4 Å². The van der Waals surface area contributed by atoms with E-state index in [0.29, 0.717) is 22.9 Å². The van der Waals surface area contributed by atoms with Gasteiger partial charge in [0.15, 0.2) is 16.8 Å². The number of ketones is 1. The summed E-state index contributed by atoms with van der Waals surface area (Å²) in [7, 11) is 0. The van der Waals surface area contributed by atoms with Gasteiger partial charge in [0, 0.05) is 12.6 Å². The van der Waals surface area contributed by atoms with Gasteiger partial charge >= 0.3 is 0 Å². The minimum Gasteiger partial charge on any atom is -0.294 e. The van der Waals surface area contributed by atoms with E-state index in [1.807, 2.05) is 4.68 Å². The Bertz CT molecular complexity index is 706. The van der Waals surface area contributed by atoms with Gasteiger partial charge in [0.1, 0.15) is 0 Å². The molecule has 116 valence electrons. The molecule has 0 N–H and O–H groups in total. The van der Waals surface area contributed by atoms with E-state index >= 15 is 0 Å². The molecule has 0 radical (unpaired) electrons. The Kier molecular flexibility index (Phi) is 3.94. The van der Waals surface area contributed by atoms with Crippen molar-refractivity contribution in [1.82, 2.24) is 30.2 Å². The number of rotatable bonds is 3. The summed E-state index contributed by atoms with van der Waals surface area (Å²) in [5.41, 5.74) is 1.38. The summed E-state index contributed by atoms with van der Waals surface area (Å²) < 4.78 is 1.81. The van der Waals surface area contributed by atoms with E-state index in [9.17, 15) is 4.79 Å². The van der Waals surface area contributed by atoms with Crippen LogP contribution in [0.4, 0.5) is 0 Å². The van der Waals surface area contributed by atoms with Crippen LogP contribution in [0.5, 0.6) is 0 Å². The van der Waals surface area contributed by atoms with Crippen LogP contribution in [0.3, 0.4) is 0 Å². The normalized spacial score (nSPS) is 15.0. The zero-order valence-electron chi connectivity index (χ0n) is 12.9. The second kappa shape index (κ2) is 5.75. The molecule has 2 aromatic heterocycles. The highest BCUT2D eigenvalue weighted by molar-refractivity contribution is 7.98. The van der Waals surface area contributed by atoms with Crippen molar-refractivity contribution in [3.63, 3.8) is 0 Å². The van der Waals surface area contributed by atoms with Crippen LogP contribution >= 0.6 is 11.8 Å². The van der Waals surface area contributed by atoms with E-state index in [1.165, 1.54) is 11.8 Å². The topological polar surface area (TPSA) is 86.4 Å². The Morgan fingerprint density at radius 1 is 1.32 bits per heavy atom. The second-order valence-corrected chi connectivity index (χ2v) is 7.20. The van der Waals surface area contributed by atoms with Crippen LogP contribution in [0.15, 0.2) is 11.4 Å². The first-order valence-corrected chi connectivity index (χ1v) is 8.23. The maximum Gasteiger partial charge on any atom is 0.188 e. The molecular weight excluding hydrogens is 300 g/mol. The van der Waals surface area contributed by atoms with Crippen molar-refractivity contribution in [3.8, 4) is 0 Å². The molecule has 0 unspecified atom stereocenters. The third-order valence-corrected chi connectivity index (χ3v) is 4.32. The number of aromatic nitrogens is 6. The molecule has 0 saturated carbocycles. The molecule has 0 fully saturated rings. The van der Waals surface area contributed by atoms with Crippen LogP contribution < -0.4 is 0 Å². The van der Waals surface area contributed by atoms with Crippen LogP contribution in [0.25, 0.3) is 0 Å². The largest absolute Gasteiger partial charge is 0.294 e. The van der Waals surface area contributed by atoms with E-state index < -0.39 is 0 Å². The van der Waals surface area contributed by atoms with Gasteiger partial charge in [-0.05, 0) is 44.0 Å². The van der Waals surface area contributed by atoms with Crippen molar-refractivity contribution in [2.45, 2.75) is 56.5 Å². The molecular formula is C14H18N6OS. The van der Waals surface area contributed by atoms with Crippen LogP contribution in [0, 0.1) is 0 Å². The van der Waals surface area contributed by atoms with Crippen LogP contribution in [0.2, 0.25) is 0 Å². The molecule has 0 amide bonds. The van der Waals surface area contributed by atoms with Crippen molar-refractivity contribution >= 4 is 17.5 Å². The fourth-order valence-corrected chi connectivity index (χ4v) is 3.13. The molecule has 0 aliphatic heterocycles. The molecule has 2 heterocycles. The Morgan fingerprint density at radius 2 is 2.14 bits per heavy atom. The van der Waals surface area contributed by atoms with Crippen LogP contribution in [-0.4, -0.2) is 36.0 Å². The van der Waals surface area contributed by atoms with Gasteiger partial charge in [-0.15, -0.1) is 5.10 Å². The Labute approximate surface area is 132 Å². The minimum absolute atomic E-state index is 0.148. The standard InChI is InChI=1S/C14H18N6OS/c1-14(2,3)20-12(17-18-19-20)8-22-13-15-7-9-10(16-13)5-4-6-11(9)21/h7H,4-6,8H2,1-3H3. The average molecular weight is 318 g/mol. The average Bonchev–Trinajstić information content (AvgIpc) is 2.94. The molecule has 3 rings (SSSR count). The fraction of sp³-hybridized carbons (Fsp3) is 0.571. The maximum atomic E-state index is 11.8. The number of thioether (sulfide) groups is 1. The lowest BCUT2D eigenvalue weighted by Gasteiger charge is -2.19.